The molecule has 4 aromatic rings. The van der Waals surface area contributed by atoms with Crippen molar-refractivity contribution in [3.8, 4) is 0 Å². The van der Waals surface area contributed by atoms with Gasteiger partial charge in [-0.25, -0.2) is 15.0 Å². The smallest absolute Gasteiger partial charge is 0.181 e. The molecule has 0 aliphatic heterocycles. The molecule has 3 aromatic heterocycles. The highest BCUT2D eigenvalue weighted by molar-refractivity contribution is 7.22. The van der Waals surface area contributed by atoms with Gasteiger partial charge in [-0.15, -0.1) is 0 Å². The van der Waals surface area contributed by atoms with E-state index in [1.165, 1.54) is 35.3 Å². The van der Waals surface area contributed by atoms with Crippen molar-refractivity contribution in [2.24, 2.45) is 0 Å². The van der Waals surface area contributed by atoms with Crippen LogP contribution in [0.15, 0.2) is 36.8 Å². The minimum Gasteiger partial charge on any atom is -0.375 e. The van der Waals surface area contributed by atoms with Crippen LogP contribution in [0.4, 0.5) is 5.13 Å². The summed E-state index contributed by atoms with van der Waals surface area (Å²) in [6.07, 6.45) is 6.45. The van der Waals surface area contributed by atoms with E-state index in [0.29, 0.717) is 11.0 Å². The Morgan fingerprint density at radius 3 is 2.96 bits per heavy atom. The molecule has 0 unspecified atom stereocenters. The Bertz CT molecular complexity index is 1030. The zero-order valence-corrected chi connectivity index (χ0v) is 13.3. The van der Waals surface area contributed by atoms with Gasteiger partial charge in [0.2, 0.25) is 0 Å². The van der Waals surface area contributed by atoms with E-state index in [-0.39, 0.29) is 0 Å². The van der Waals surface area contributed by atoms with Crippen LogP contribution in [0.5, 0.6) is 0 Å². The molecule has 5 rings (SSSR count). The van der Waals surface area contributed by atoms with Crippen molar-refractivity contribution in [3.05, 3.63) is 47.9 Å². The number of nitrogens with two attached hydrogens (primary N) is 1. The average molecular weight is 321 g/mol. The topological polar surface area (TPSA) is 69.6 Å². The molecule has 5 nitrogen and oxygen atoms in total. The molecular formula is C17H15N5S. The maximum atomic E-state index is 5.78. The fraction of sp³-hybridized carbons (Fsp3) is 0.235. The number of imidazole rings is 1. The molecule has 0 spiro atoms. The van der Waals surface area contributed by atoms with Crippen molar-refractivity contribution < 1.29 is 0 Å². The summed E-state index contributed by atoms with van der Waals surface area (Å²) in [6, 6.07) is 8.44. The van der Waals surface area contributed by atoms with E-state index in [1.807, 2.05) is 18.6 Å². The van der Waals surface area contributed by atoms with Gasteiger partial charge in [0.25, 0.3) is 0 Å². The molecule has 1 fully saturated rings. The lowest BCUT2D eigenvalue weighted by Gasteiger charge is -2.04. The molecule has 0 radical (unpaired) electrons. The van der Waals surface area contributed by atoms with Crippen LogP contribution in [0.25, 0.3) is 21.4 Å². The number of rotatable bonds is 3. The van der Waals surface area contributed by atoms with Gasteiger partial charge in [0.1, 0.15) is 5.52 Å². The molecule has 0 atom stereocenters. The predicted octanol–water partition coefficient (Wildman–Crippen LogP) is 3.55. The van der Waals surface area contributed by atoms with Crippen molar-refractivity contribution >= 4 is 37.8 Å². The van der Waals surface area contributed by atoms with E-state index < -0.39 is 0 Å². The summed E-state index contributed by atoms with van der Waals surface area (Å²) in [7, 11) is 0. The van der Waals surface area contributed by atoms with Crippen molar-refractivity contribution in [2.45, 2.75) is 25.3 Å². The second kappa shape index (κ2) is 4.76. The number of thiazole rings is 1. The second-order valence-corrected chi connectivity index (χ2v) is 7.17. The predicted molar refractivity (Wildman–Crippen MR) is 92.6 cm³/mol. The van der Waals surface area contributed by atoms with E-state index in [9.17, 15) is 0 Å². The molecule has 23 heavy (non-hydrogen) atoms. The lowest BCUT2D eigenvalue weighted by Crippen LogP contribution is -1.99. The van der Waals surface area contributed by atoms with E-state index in [2.05, 4.69) is 37.7 Å². The van der Waals surface area contributed by atoms with Gasteiger partial charge in [-0.3, -0.25) is 0 Å². The molecule has 114 valence electrons. The third kappa shape index (κ3) is 2.26. The summed E-state index contributed by atoms with van der Waals surface area (Å²) in [4.78, 5) is 13.5. The normalized spacial score (nSPS) is 14.8. The minimum absolute atomic E-state index is 0.611. The fourth-order valence-electron chi connectivity index (χ4n) is 3.00. The molecule has 1 aliphatic rings. The Balaban J connectivity index is 1.51. The summed E-state index contributed by atoms with van der Waals surface area (Å²) < 4.78 is 3.21. The van der Waals surface area contributed by atoms with Crippen LogP contribution in [-0.2, 0) is 6.54 Å². The van der Waals surface area contributed by atoms with Crippen LogP contribution < -0.4 is 5.73 Å². The summed E-state index contributed by atoms with van der Waals surface area (Å²) in [5.74, 6) is 0.705. The van der Waals surface area contributed by atoms with E-state index in [4.69, 9.17) is 5.73 Å². The monoisotopic (exact) mass is 321 g/mol. The Hall–Kier alpha value is -2.47. The largest absolute Gasteiger partial charge is 0.375 e. The standard InChI is InChI=1S/C17H15N5S/c18-17-21-13-4-1-10(5-15(13)23-17)8-22-9-20-14-6-12(11-2-3-11)7-19-16(14)22/h1,4-7,9,11H,2-3,8H2,(H2,18,21). The molecular weight excluding hydrogens is 306 g/mol. The van der Waals surface area contributed by atoms with Gasteiger partial charge in [-0.1, -0.05) is 17.4 Å². The molecule has 1 saturated carbocycles. The molecule has 1 aromatic carbocycles. The van der Waals surface area contributed by atoms with Gasteiger partial charge in [0.15, 0.2) is 10.8 Å². The second-order valence-electron chi connectivity index (χ2n) is 6.11. The maximum Gasteiger partial charge on any atom is 0.181 e. The lowest BCUT2D eigenvalue weighted by molar-refractivity contribution is 0.815. The Labute approximate surface area is 136 Å². The van der Waals surface area contributed by atoms with Crippen LogP contribution in [0.2, 0.25) is 0 Å². The molecule has 0 saturated heterocycles. The van der Waals surface area contributed by atoms with Gasteiger partial charge >= 0.3 is 0 Å². The van der Waals surface area contributed by atoms with E-state index >= 15 is 0 Å². The number of benzene rings is 1. The number of aromatic nitrogens is 4. The molecule has 2 N–H and O–H groups in total. The summed E-state index contributed by atoms with van der Waals surface area (Å²) >= 11 is 1.52. The van der Waals surface area contributed by atoms with Crippen molar-refractivity contribution in [3.63, 3.8) is 0 Å². The highest BCUT2D eigenvalue weighted by Crippen LogP contribution is 2.40. The Morgan fingerprint density at radius 1 is 1.17 bits per heavy atom. The molecule has 1 aliphatic carbocycles. The first-order valence-electron chi connectivity index (χ1n) is 7.72. The highest BCUT2D eigenvalue weighted by Gasteiger charge is 2.24. The van der Waals surface area contributed by atoms with Gasteiger partial charge in [0.05, 0.1) is 23.1 Å². The number of nitrogen functional groups attached to an aromatic ring is 1. The van der Waals surface area contributed by atoms with Gasteiger partial charge in [0, 0.05) is 6.20 Å². The van der Waals surface area contributed by atoms with Gasteiger partial charge in [-0.2, -0.15) is 0 Å². The molecule has 0 bridgehead atoms. The van der Waals surface area contributed by atoms with Crippen LogP contribution in [0, 0.1) is 0 Å². The van der Waals surface area contributed by atoms with E-state index in [1.54, 1.807) is 0 Å². The minimum atomic E-state index is 0.611. The number of fused-ring (bicyclic) bond motifs is 2. The molecule has 6 heteroatoms. The number of hydrogen-bond acceptors (Lipinski definition) is 5. The van der Waals surface area contributed by atoms with Crippen molar-refractivity contribution in [2.75, 3.05) is 5.73 Å². The first-order chi connectivity index (χ1) is 11.3. The van der Waals surface area contributed by atoms with Crippen LogP contribution in [-0.4, -0.2) is 19.5 Å². The zero-order chi connectivity index (χ0) is 15.4. The number of pyridine rings is 1. The van der Waals surface area contributed by atoms with E-state index in [0.717, 1.165) is 27.9 Å². The van der Waals surface area contributed by atoms with Crippen LogP contribution in [0.1, 0.15) is 29.9 Å². The van der Waals surface area contributed by atoms with Crippen LogP contribution in [0.3, 0.4) is 0 Å². The van der Waals surface area contributed by atoms with Crippen molar-refractivity contribution in [1.29, 1.82) is 0 Å². The lowest BCUT2D eigenvalue weighted by atomic mass is 10.2. The Morgan fingerprint density at radius 2 is 2.09 bits per heavy atom. The molecule has 3 heterocycles. The fourth-order valence-corrected chi connectivity index (χ4v) is 3.80. The van der Waals surface area contributed by atoms with Crippen molar-refractivity contribution in [1.82, 2.24) is 19.5 Å². The Kier molecular flexibility index (Phi) is 2.69. The average Bonchev–Trinajstić information content (AvgIpc) is 3.23. The first-order valence-corrected chi connectivity index (χ1v) is 8.54. The zero-order valence-electron chi connectivity index (χ0n) is 12.4. The number of hydrogen-bond donors (Lipinski definition) is 1. The number of nitrogens with zero attached hydrogens (tertiary/aromatic N) is 4. The summed E-state index contributed by atoms with van der Waals surface area (Å²) in [5.41, 5.74) is 11.2. The molecule has 0 amide bonds. The van der Waals surface area contributed by atoms with Crippen LogP contribution >= 0.6 is 11.3 Å². The highest BCUT2D eigenvalue weighted by atomic mass is 32.1. The van der Waals surface area contributed by atoms with Gasteiger partial charge < -0.3 is 10.3 Å². The summed E-state index contributed by atoms with van der Waals surface area (Å²) in [6.45, 7) is 0.750. The quantitative estimate of drug-likeness (QED) is 0.626. The third-order valence-electron chi connectivity index (χ3n) is 4.35. The number of anilines is 1. The maximum absolute atomic E-state index is 5.78. The third-order valence-corrected chi connectivity index (χ3v) is 5.20. The first kappa shape index (κ1) is 13.0. The SMILES string of the molecule is Nc1nc2ccc(Cn3cnc4cc(C5CC5)cnc43)cc2s1. The summed E-state index contributed by atoms with van der Waals surface area (Å²) in [5, 5.41) is 0.611. The van der Waals surface area contributed by atoms with Gasteiger partial charge in [-0.05, 0) is 48.1 Å².